The van der Waals surface area contributed by atoms with E-state index < -0.39 is 0 Å². The molecule has 3 aliphatic heterocycles. The lowest BCUT2D eigenvalue weighted by Gasteiger charge is -2.49. The van der Waals surface area contributed by atoms with Gasteiger partial charge in [-0.25, -0.2) is 0 Å². The number of piperidine rings is 1. The number of ether oxygens (including phenoxy) is 2. The molecule has 0 aliphatic carbocycles. The average molecular weight is 359 g/mol. The summed E-state index contributed by atoms with van der Waals surface area (Å²) in [6.07, 6.45) is 5.74. The standard InChI is InChI=1S/C20H29N3O3/c1-16-2-3-17(15-21-16)19(24)23-7-5-20(6-8-23)14-18(4-11-26-20)22-9-12-25-13-10-22/h2-3,15,18H,4-14H2,1H3. The van der Waals surface area contributed by atoms with Gasteiger partial charge in [-0.15, -0.1) is 0 Å². The summed E-state index contributed by atoms with van der Waals surface area (Å²) in [6, 6.07) is 4.37. The first-order valence-corrected chi connectivity index (χ1v) is 9.83. The van der Waals surface area contributed by atoms with E-state index in [9.17, 15) is 4.79 Å². The quantitative estimate of drug-likeness (QED) is 0.807. The van der Waals surface area contributed by atoms with Crippen LogP contribution in [0.15, 0.2) is 18.3 Å². The van der Waals surface area contributed by atoms with Crippen LogP contribution >= 0.6 is 0 Å². The molecule has 1 atom stereocenters. The number of amides is 1. The maximum absolute atomic E-state index is 12.7. The van der Waals surface area contributed by atoms with Crippen molar-refractivity contribution in [3.05, 3.63) is 29.6 Å². The lowest BCUT2D eigenvalue weighted by atomic mass is 9.81. The van der Waals surface area contributed by atoms with Gasteiger partial charge in [-0.2, -0.15) is 0 Å². The molecule has 0 bridgehead atoms. The van der Waals surface area contributed by atoms with Crippen LogP contribution in [0.2, 0.25) is 0 Å². The normalized spacial score (nSPS) is 26.8. The molecule has 0 aromatic carbocycles. The van der Waals surface area contributed by atoms with Crippen LogP contribution in [0.5, 0.6) is 0 Å². The molecule has 0 N–H and O–H groups in total. The van der Waals surface area contributed by atoms with Crippen molar-refractivity contribution in [1.29, 1.82) is 0 Å². The smallest absolute Gasteiger partial charge is 0.255 e. The van der Waals surface area contributed by atoms with Gasteiger partial charge in [0.1, 0.15) is 0 Å². The Morgan fingerprint density at radius 3 is 2.62 bits per heavy atom. The molecule has 4 heterocycles. The van der Waals surface area contributed by atoms with Crippen LogP contribution in [0.25, 0.3) is 0 Å². The van der Waals surface area contributed by atoms with Crippen LogP contribution in [0.3, 0.4) is 0 Å². The van der Waals surface area contributed by atoms with Gasteiger partial charge < -0.3 is 14.4 Å². The number of carbonyl (C=O) groups is 1. The number of hydrogen-bond acceptors (Lipinski definition) is 5. The van der Waals surface area contributed by atoms with Crippen LogP contribution in [0.4, 0.5) is 0 Å². The third-order valence-electron chi connectivity index (χ3n) is 6.15. The van der Waals surface area contributed by atoms with Crippen molar-refractivity contribution < 1.29 is 14.3 Å². The molecule has 0 saturated carbocycles. The van der Waals surface area contributed by atoms with Crippen molar-refractivity contribution >= 4 is 5.91 Å². The first-order chi connectivity index (χ1) is 12.7. The number of nitrogens with zero attached hydrogens (tertiary/aromatic N) is 3. The maximum Gasteiger partial charge on any atom is 0.255 e. The minimum absolute atomic E-state index is 0.0521. The highest BCUT2D eigenvalue weighted by molar-refractivity contribution is 5.94. The van der Waals surface area contributed by atoms with E-state index in [1.807, 2.05) is 24.0 Å². The van der Waals surface area contributed by atoms with E-state index in [0.717, 1.165) is 77.4 Å². The molecule has 6 nitrogen and oxygen atoms in total. The van der Waals surface area contributed by atoms with Crippen LogP contribution in [0, 0.1) is 6.92 Å². The SMILES string of the molecule is Cc1ccc(C(=O)N2CCC3(CC2)CC(N2CCOCC2)CCO3)cn1. The number of carbonyl (C=O) groups excluding carboxylic acids is 1. The highest BCUT2D eigenvalue weighted by atomic mass is 16.5. The zero-order chi connectivity index (χ0) is 18.0. The fourth-order valence-corrected chi connectivity index (χ4v) is 4.50. The van der Waals surface area contributed by atoms with Crippen molar-refractivity contribution in [2.24, 2.45) is 0 Å². The Hall–Kier alpha value is -1.50. The molecule has 1 aromatic rings. The molecule has 4 rings (SSSR count). The predicted molar refractivity (Wildman–Crippen MR) is 98.2 cm³/mol. The third-order valence-corrected chi connectivity index (χ3v) is 6.15. The molecular formula is C20H29N3O3. The molecule has 1 unspecified atom stereocenters. The maximum atomic E-state index is 12.7. The second-order valence-corrected chi connectivity index (χ2v) is 7.81. The minimum atomic E-state index is -0.0521. The predicted octanol–water partition coefficient (Wildman–Crippen LogP) is 1.88. The number of pyridine rings is 1. The van der Waals surface area contributed by atoms with Gasteiger partial charge >= 0.3 is 0 Å². The monoisotopic (exact) mass is 359 g/mol. The Balaban J connectivity index is 1.36. The zero-order valence-electron chi connectivity index (χ0n) is 15.7. The van der Waals surface area contributed by atoms with E-state index in [-0.39, 0.29) is 11.5 Å². The lowest BCUT2D eigenvalue weighted by Crippen LogP contribution is -2.55. The van der Waals surface area contributed by atoms with Gasteiger partial charge in [0.05, 0.1) is 24.4 Å². The highest BCUT2D eigenvalue weighted by Crippen LogP contribution is 2.37. The van der Waals surface area contributed by atoms with Crippen LogP contribution in [-0.2, 0) is 9.47 Å². The topological polar surface area (TPSA) is 54.9 Å². The van der Waals surface area contributed by atoms with E-state index in [4.69, 9.17) is 9.47 Å². The van der Waals surface area contributed by atoms with Gasteiger partial charge in [0.2, 0.25) is 0 Å². The van der Waals surface area contributed by atoms with Gasteiger partial charge in [-0.05, 0) is 44.7 Å². The first-order valence-electron chi connectivity index (χ1n) is 9.83. The fourth-order valence-electron chi connectivity index (χ4n) is 4.50. The van der Waals surface area contributed by atoms with E-state index in [2.05, 4.69) is 9.88 Å². The molecule has 1 aromatic heterocycles. The Morgan fingerprint density at radius 2 is 1.92 bits per heavy atom. The number of aryl methyl sites for hydroxylation is 1. The molecule has 3 saturated heterocycles. The summed E-state index contributed by atoms with van der Waals surface area (Å²) < 4.78 is 11.8. The largest absolute Gasteiger partial charge is 0.379 e. The lowest BCUT2D eigenvalue weighted by molar-refractivity contribution is -0.136. The summed E-state index contributed by atoms with van der Waals surface area (Å²) in [7, 11) is 0. The second kappa shape index (κ2) is 7.62. The van der Waals surface area contributed by atoms with Gasteiger partial charge in [0.15, 0.2) is 0 Å². The average Bonchev–Trinajstić information content (AvgIpc) is 2.69. The molecule has 6 heteroatoms. The molecule has 1 spiro atoms. The summed E-state index contributed by atoms with van der Waals surface area (Å²) in [6.45, 7) is 8.05. The fraction of sp³-hybridized carbons (Fsp3) is 0.700. The van der Waals surface area contributed by atoms with Crippen molar-refractivity contribution in [2.45, 2.75) is 44.2 Å². The van der Waals surface area contributed by atoms with Crippen LogP contribution in [-0.4, -0.2) is 78.3 Å². The summed E-state index contributed by atoms with van der Waals surface area (Å²) in [5.74, 6) is 0.0906. The minimum Gasteiger partial charge on any atom is -0.379 e. The summed E-state index contributed by atoms with van der Waals surface area (Å²) in [5.41, 5.74) is 1.56. The van der Waals surface area contributed by atoms with Gasteiger partial charge in [0, 0.05) is 50.7 Å². The van der Waals surface area contributed by atoms with Crippen molar-refractivity contribution in [3.8, 4) is 0 Å². The first kappa shape index (κ1) is 17.9. The number of hydrogen-bond donors (Lipinski definition) is 0. The molecule has 0 radical (unpaired) electrons. The summed E-state index contributed by atoms with van der Waals surface area (Å²) in [5, 5.41) is 0. The van der Waals surface area contributed by atoms with E-state index in [1.54, 1.807) is 6.20 Å². The molecule has 1 amide bonds. The molecule has 3 fully saturated rings. The Labute approximate surface area is 155 Å². The molecule has 142 valence electrons. The van der Waals surface area contributed by atoms with Crippen molar-refractivity contribution in [2.75, 3.05) is 46.0 Å². The number of morpholine rings is 1. The van der Waals surface area contributed by atoms with Crippen LogP contribution < -0.4 is 0 Å². The Bertz CT molecular complexity index is 620. The van der Waals surface area contributed by atoms with Gasteiger partial charge in [0.25, 0.3) is 5.91 Å². The number of aromatic nitrogens is 1. The van der Waals surface area contributed by atoms with Gasteiger partial charge in [-0.1, -0.05) is 0 Å². The zero-order valence-corrected chi connectivity index (χ0v) is 15.7. The van der Waals surface area contributed by atoms with Crippen molar-refractivity contribution in [1.82, 2.24) is 14.8 Å². The second-order valence-electron chi connectivity index (χ2n) is 7.81. The summed E-state index contributed by atoms with van der Waals surface area (Å²) in [4.78, 5) is 21.5. The highest BCUT2D eigenvalue weighted by Gasteiger charge is 2.42. The summed E-state index contributed by atoms with van der Waals surface area (Å²) >= 11 is 0. The molecule has 26 heavy (non-hydrogen) atoms. The van der Waals surface area contributed by atoms with E-state index >= 15 is 0 Å². The van der Waals surface area contributed by atoms with Crippen molar-refractivity contribution in [3.63, 3.8) is 0 Å². The van der Waals surface area contributed by atoms with Gasteiger partial charge in [-0.3, -0.25) is 14.7 Å². The molecule has 3 aliphatic rings. The Morgan fingerprint density at radius 1 is 1.15 bits per heavy atom. The number of likely N-dealkylation sites (tertiary alicyclic amines) is 1. The number of rotatable bonds is 2. The third kappa shape index (κ3) is 3.77. The van der Waals surface area contributed by atoms with E-state index in [1.165, 1.54) is 0 Å². The molecular weight excluding hydrogens is 330 g/mol. The van der Waals surface area contributed by atoms with E-state index in [0.29, 0.717) is 11.6 Å². The Kier molecular flexibility index (Phi) is 5.25. The van der Waals surface area contributed by atoms with Crippen LogP contribution in [0.1, 0.15) is 41.7 Å².